The molecule has 27 heavy (non-hydrogen) atoms. The van der Waals surface area contributed by atoms with Crippen LogP contribution in [0, 0.1) is 0 Å². The molecule has 1 unspecified atom stereocenters. The van der Waals surface area contributed by atoms with Crippen LogP contribution in [0.4, 0.5) is 0 Å². The lowest BCUT2D eigenvalue weighted by molar-refractivity contribution is 0.137. The first-order chi connectivity index (χ1) is 12.9. The molecular weight excluding hydrogens is 391 g/mol. The highest BCUT2D eigenvalue weighted by Crippen LogP contribution is 2.53. The van der Waals surface area contributed by atoms with E-state index in [4.69, 9.17) is 28.5 Å². The Balaban J connectivity index is 1.94. The molecule has 0 bridgehead atoms. The third-order valence-electron chi connectivity index (χ3n) is 4.47. The molecule has 0 amide bonds. The Morgan fingerprint density at radius 1 is 0.852 bits per heavy atom. The molecule has 0 fully saturated rings. The predicted octanol–water partition coefficient (Wildman–Crippen LogP) is 5.84. The summed E-state index contributed by atoms with van der Waals surface area (Å²) in [5.41, 5.74) is 1.95. The highest BCUT2D eigenvalue weighted by molar-refractivity contribution is 8.23. The third kappa shape index (κ3) is 4.78. The lowest BCUT2D eigenvalue weighted by atomic mass is 9.88. The highest BCUT2D eigenvalue weighted by atomic mass is 32.5. The second-order valence-electron chi connectivity index (χ2n) is 6.43. The Morgan fingerprint density at radius 2 is 1.26 bits per heavy atom. The van der Waals surface area contributed by atoms with Gasteiger partial charge in [-0.1, -0.05) is 103 Å². The Bertz CT molecular complexity index is 904. The van der Waals surface area contributed by atoms with Gasteiger partial charge < -0.3 is 9.42 Å². The van der Waals surface area contributed by atoms with Gasteiger partial charge in [-0.3, -0.25) is 0 Å². The number of hydrogen-bond donors (Lipinski definition) is 1. The summed E-state index contributed by atoms with van der Waals surface area (Å²) in [7, 11) is 0. The molecule has 3 aromatic rings. The second-order valence-corrected chi connectivity index (χ2v) is 10.5. The minimum absolute atomic E-state index is 0.377. The molecule has 0 radical (unpaired) electrons. The lowest BCUT2D eigenvalue weighted by Crippen LogP contribution is -2.27. The fraction of sp³-hybridized carbons (Fsp3) is 0.136. The Labute approximate surface area is 171 Å². The molecule has 3 aromatic carbocycles. The van der Waals surface area contributed by atoms with Gasteiger partial charge in [0, 0.05) is 6.42 Å². The molecule has 0 saturated heterocycles. The van der Waals surface area contributed by atoms with Crippen molar-refractivity contribution in [3.63, 3.8) is 0 Å². The maximum Gasteiger partial charge on any atom is 0.225 e. The molecular formula is C22H21O2PS2. The molecule has 0 saturated carbocycles. The smallest absolute Gasteiger partial charge is 0.225 e. The number of thiocarbonyl (C=S) groups is 1. The van der Waals surface area contributed by atoms with E-state index < -0.39 is 12.1 Å². The zero-order valence-corrected chi connectivity index (χ0v) is 17.5. The average Bonchev–Trinajstić information content (AvgIpc) is 2.69. The van der Waals surface area contributed by atoms with E-state index in [9.17, 15) is 4.89 Å². The molecule has 0 aliphatic heterocycles. The summed E-state index contributed by atoms with van der Waals surface area (Å²) in [5.74, 6) is 0. The summed E-state index contributed by atoms with van der Waals surface area (Å²) >= 11 is 11.0. The zero-order valence-electron chi connectivity index (χ0n) is 15.0. The van der Waals surface area contributed by atoms with Gasteiger partial charge in [-0.05, 0) is 35.4 Å². The molecule has 138 valence electrons. The van der Waals surface area contributed by atoms with Crippen LogP contribution in [0.25, 0.3) is 0 Å². The Hall–Kier alpha value is -1.68. The minimum atomic E-state index is -3.34. The fourth-order valence-corrected chi connectivity index (χ4v) is 5.06. The van der Waals surface area contributed by atoms with E-state index >= 15 is 0 Å². The summed E-state index contributed by atoms with van der Waals surface area (Å²) in [4.78, 5) is 11.1. The predicted molar refractivity (Wildman–Crippen MR) is 120 cm³/mol. The van der Waals surface area contributed by atoms with Crippen LogP contribution in [-0.2, 0) is 28.4 Å². The van der Waals surface area contributed by atoms with Gasteiger partial charge in [0.05, 0.1) is 4.61 Å². The van der Waals surface area contributed by atoms with Crippen molar-refractivity contribution in [3.05, 3.63) is 108 Å². The SMILES string of the molecule is CC(OP(O)(=S)C(=S)Cc1ccccc1)(c1ccccc1)c1ccccc1. The van der Waals surface area contributed by atoms with Crippen molar-refractivity contribution >= 4 is 35.1 Å². The van der Waals surface area contributed by atoms with Gasteiger partial charge in [-0.2, -0.15) is 0 Å². The van der Waals surface area contributed by atoms with Crippen LogP contribution in [0.2, 0.25) is 0 Å². The molecule has 5 heteroatoms. The summed E-state index contributed by atoms with van der Waals surface area (Å²) in [5, 5.41) is 0. The Kier molecular flexibility index (Phi) is 6.36. The summed E-state index contributed by atoms with van der Waals surface area (Å²) in [6, 6.07) is 29.3. The van der Waals surface area contributed by atoms with Crippen molar-refractivity contribution in [1.29, 1.82) is 0 Å². The van der Waals surface area contributed by atoms with E-state index in [0.717, 1.165) is 16.7 Å². The van der Waals surface area contributed by atoms with Crippen LogP contribution in [0.5, 0.6) is 0 Å². The fourth-order valence-electron chi connectivity index (χ4n) is 2.95. The van der Waals surface area contributed by atoms with E-state index in [1.54, 1.807) is 0 Å². The quantitative estimate of drug-likeness (QED) is 0.390. The van der Waals surface area contributed by atoms with Gasteiger partial charge >= 0.3 is 0 Å². The van der Waals surface area contributed by atoms with Gasteiger partial charge in [0.25, 0.3) is 0 Å². The van der Waals surface area contributed by atoms with Crippen molar-refractivity contribution < 1.29 is 9.42 Å². The summed E-state index contributed by atoms with van der Waals surface area (Å²) in [6.07, 6.45) is 0.420. The standard InChI is InChI=1S/C22H21O2PS2/c1-22(19-13-7-3-8-14-19,20-15-9-4-10-16-20)24-25(23,27)21(26)17-18-11-5-2-6-12-18/h2-16H,17H2,1H3,(H,23,27). The number of hydrogen-bond acceptors (Lipinski definition) is 3. The highest BCUT2D eigenvalue weighted by Gasteiger charge is 2.37. The topological polar surface area (TPSA) is 29.5 Å². The first-order valence-corrected chi connectivity index (χ1v) is 11.7. The molecule has 0 aliphatic rings. The van der Waals surface area contributed by atoms with Gasteiger partial charge in [0.1, 0.15) is 5.60 Å². The molecule has 2 nitrogen and oxygen atoms in total. The maximum atomic E-state index is 11.1. The van der Waals surface area contributed by atoms with Crippen molar-refractivity contribution in [2.24, 2.45) is 0 Å². The van der Waals surface area contributed by atoms with Gasteiger partial charge in [0.15, 0.2) is 0 Å². The Morgan fingerprint density at radius 3 is 1.70 bits per heavy atom. The molecule has 0 aliphatic carbocycles. The van der Waals surface area contributed by atoms with Crippen molar-refractivity contribution in [1.82, 2.24) is 0 Å². The van der Waals surface area contributed by atoms with E-state index in [2.05, 4.69) is 0 Å². The van der Waals surface area contributed by atoms with E-state index in [0.29, 0.717) is 11.0 Å². The van der Waals surface area contributed by atoms with Crippen molar-refractivity contribution in [2.45, 2.75) is 18.9 Å². The van der Waals surface area contributed by atoms with E-state index in [1.165, 1.54) is 0 Å². The zero-order chi connectivity index (χ0) is 19.3. The molecule has 1 N–H and O–H groups in total. The third-order valence-corrected chi connectivity index (χ3v) is 7.99. The van der Waals surface area contributed by atoms with Gasteiger partial charge in [0.2, 0.25) is 6.49 Å². The second kappa shape index (κ2) is 8.55. The van der Waals surface area contributed by atoms with E-state index in [1.807, 2.05) is 97.9 Å². The molecule has 0 spiro atoms. The van der Waals surface area contributed by atoms with Crippen LogP contribution < -0.4 is 0 Å². The van der Waals surface area contributed by atoms with Gasteiger partial charge in [-0.25, -0.2) is 0 Å². The van der Waals surface area contributed by atoms with Gasteiger partial charge in [-0.15, -0.1) is 0 Å². The molecule has 3 rings (SSSR count). The molecule has 0 heterocycles. The average molecular weight is 413 g/mol. The van der Waals surface area contributed by atoms with Crippen molar-refractivity contribution in [3.8, 4) is 0 Å². The van der Waals surface area contributed by atoms with E-state index in [-0.39, 0.29) is 0 Å². The van der Waals surface area contributed by atoms with Crippen LogP contribution in [0.3, 0.4) is 0 Å². The molecule has 1 atom stereocenters. The monoisotopic (exact) mass is 412 g/mol. The van der Waals surface area contributed by atoms with Crippen LogP contribution in [0.15, 0.2) is 91.0 Å². The normalized spacial score (nSPS) is 13.7. The maximum absolute atomic E-state index is 11.1. The van der Waals surface area contributed by atoms with Crippen LogP contribution >= 0.6 is 18.7 Å². The van der Waals surface area contributed by atoms with Crippen molar-refractivity contribution in [2.75, 3.05) is 0 Å². The van der Waals surface area contributed by atoms with Crippen LogP contribution in [-0.4, -0.2) is 9.50 Å². The number of benzene rings is 3. The number of rotatable bonds is 7. The lowest BCUT2D eigenvalue weighted by Gasteiger charge is -2.34. The largest absolute Gasteiger partial charge is 0.341 e. The first-order valence-electron chi connectivity index (χ1n) is 8.64. The first kappa shape index (κ1) is 20.1. The summed E-state index contributed by atoms with van der Waals surface area (Å²) < 4.78 is 6.65. The minimum Gasteiger partial charge on any atom is -0.341 e. The molecule has 0 aromatic heterocycles. The summed E-state index contributed by atoms with van der Waals surface area (Å²) in [6.45, 7) is -1.41. The van der Waals surface area contributed by atoms with Crippen LogP contribution in [0.1, 0.15) is 23.6 Å².